The lowest BCUT2D eigenvalue weighted by Gasteiger charge is -2.20. The molecule has 49 heavy (non-hydrogen) atoms. The number of fused-ring (bicyclic) bond motifs is 1. The molecule has 0 aliphatic rings. The molecule has 0 aliphatic heterocycles. The number of rotatable bonds is 10. The summed E-state index contributed by atoms with van der Waals surface area (Å²) < 4.78 is 0. The van der Waals surface area contributed by atoms with Gasteiger partial charge in [-0.1, -0.05) is 167 Å². The number of allylic oxidation sites excluding steroid dienone is 5. The highest BCUT2D eigenvalue weighted by Gasteiger charge is 2.16. The molecule has 0 heterocycles. The van der Waals surface area contributed by atoms with Gasteiger partial charge in [-0.25, -0.2) is 0 Å². The Balaban J connectivity index is 1.80. The molecule has 0 bridgehead atoms. The molecular weight excluding hydrogens is 589 g/mol. The zero-order valence-corrected chi connectivity index (χ0v) is 30.0. The second-order valence-corrected chi connectivity index (χ2v) is 12.9. The second-order valence-electron chi connectivity index (χ2n) is 12.9. The Morgan fingerprint density at radius 1 is 0.673 bits per heavy atom. The Morgan fingerprint density at radius 2 is 1.33 bits per heavy atom. The van der Waals surface area contributed by atoms with Crippen molar-refractivity contribution >= 4 is 29.0 Å². The third-order valence-corrected chi connectivity index (χ3v) is 9.51. The molecule has 5 aromatic rings. The van der Waals surface area contributed by atoms with E-state index >= 15 is 0 Å². The molecule has 0 aromatic heterocycles. The predicted octanol–water partition coefficient (Wildman–Crippen LogP) is 12.4. The molecule has 0 unspecified atom stereocenters. The van der Waals surface area contributed by atoms with E-state index in [9.17, 15) is 0 Å². The predicted molar refractivity (Wildman–Crippen MR) is 217 cm³/mol. The van der Waals surface area contributed by atoms with Gasteiger partial charge in [0.15, 0.2) is 0 Å². The zero-order valence-electron chi connectivity index (χ0n) is 30.0. The molecule has 0 saturated heterocycles. The van der Waals surface area contributed by atoms with Crippen LogP contribution >= 0.6 is 0 Å². The second kappa shape index (κ2) is 16.8. The van der Waals surface area contributed by atoms with Gasteiger partial charge in [0.25, 0.3) is 0 Å². The van der Waals surface area contributed by atoms with E-state index < -0.39 is 0 Å². The summed E-state index contributed by atoms with van der Waals surface area (Å²) in [4.78, 5) is 0. The summed E-state index contributed by atoms with van der Waals surface area (Å²) in [6, 6.07) is 43.9. The SMILES string of the molecule is C=C/C=C(CCC)/C(C)=C(/C=c1/ccccc1=C)c1c(C)cccccc(-c2ccc(-c3ccc4ccccc4c3)cc2)c(C)c1CCC. The van der Waals surface area contributed by atoms with Gasteiger partial charge in [-0.15, -0.1) is 0 Å². The minimum Gasteiger partial charge on any atom is -0.0991 e. The van der Waals surface area contributed by atoms with Crippen molar-refractivity contribution in [1.29, 1.82) is 0 Å². The van der Waals surface area contributed by atoms with Crippen molar-refractivity contribution in [1.82, 2.24) is 0 Å². The lowest BCUT2D eigenvalue weighted by Crippen LogP contribution is -2.22. The standard InChI is InChI=1S/C49H50/c1-8-18-39(19-9-2)37(6)48(34-43-24-15-14-21-35(43)4)49-36(5)22-12-11-13-26-46(38(7)47(49)20-10-3)42-30-27-41(28-31-42)45-32-29-40-23-16-17-25-44(40)33-45/h8,11-18,21-34H,1,4,9-10,19-20H2,2-3,5-7H3/b12-11?,13-11?,22-12?,26-13?,36-22?,39-18+,43-34-,46-26?,46-38?,47-38?,48-37-,49-36?,49-47?. The number of aryl methyl sites for hydroxylation is 1. The monoisotopic (exact) mass is 638 g/mol. The first kappa shape index (κ1) is 35.1. The third-order valence-electron chi connectivity index (χ3n) is 9.51. The molecule has 0 fully saturated rings. The maximum Gasteiger partial charge on any atom is -0.0117 e. The van der Waals surface area contributed by atoms with Crippen molar-refractivity contribution in [3.63, 3.8) is 0 Å². The topological polar surface area (TPSA) is 0 Å². The van der Waals surface area contributed by atoms with Crippen molar-refractivity contribution in [2.75, 3.05) is 0 Å². The highest BCUT2D eigenvalue weighted by Crippen LogP contribution is 2.36. The van der Waals surface area contributed by atoms with E-state index in [2.05, 4.69) is 181 Å². The van der Waals surface area contributed by atoms with Gasteiger partial charge in [-0.2, -0.15) is 0 Å². The summed E-state index contributed by atoms with van der Waals surface area (Å²) in [6.07, 6.45) is 10.5. The van der Waals surface area contributed by atoms with Gasteiger partial charge < -0.3 is 0 Å². The highest BCUT2D eigenvalue weighted by atomic mass is 14.2. The fourth-order valence-corrected chi connectivity index (χ4v) is 6.85. The Kier molecular flexibility index (Phi) is 12.0. The van der Waals surface area contributed by atoms with Gasteiger partial charge in [0, 0.05) is 0 Å². The van der Waals surface area contributed by atoms with Gasteiger partial charge in [0.2, 0.25) is 0 Å². The first-order valence-electron chi connectivity index (χ1n) is 17.7. The van der Waals surface area contributed by atoms with Crippen LogP contribution in [-0.2, 0) is 6.42 Å². The summed E-state index contributed by atoms with van der Waals surface area (Å²) in [7, 11) is 0. The molecule has 0 saturated carbocycles. The van der Waals surface area contributed by atoms with Crippen LogP contribution in [0.25, 0.3) is 51.3 Å². The molecule has 5 aromatic carbocycles. The van der Waals surface area contributed by atoms with Crippen molar-refractivity contribution in [2.24, 2.45) is 0 Å². The first-order chi connectivity index (χ1) is 23.9. The molecule has 0 N–H and O–H groups in total. The van der Waals surface area contributed by atoms with Crippen LogP contribution in [0.2, 0.25) is 0 Å². The van der Waals surface area contributed by atoms with E-state index in [0.717, 1.165) is 36.1 Å². The average molecular weight is 639 g/mol. The van der Waals surface area contributed by atoms with E-state index in [1.807, 2.05) is 6.08 Å². The van der Waals surface area contributed by atoms with Gasteiger partial charge in [0.1, 0.15) is 0 Å². The lowest BCUT2D eigenvalue weighted by atomic mass is 9.84. The molecule has 0 amide bonds. The molecule has 0 heteroatoms. The summed E-state index contributed by atoms with van der Waals surface area (Å²) in [5.41, 5.74) is 14.0. The van der Waals surface area contributed by atoms with Crippen LogP contribution in [-0.4, -0.2) is 0 Å². The van der Waals surface area contributed by atoms with Crippen LogP contribution < -0.4 is 10.4 Å². The summed E-state index contributed by atoms with van der Waals surface area (Å²) in [5.74, 6) is 0. The number of benzene rings is 4. The molecule has 0 spiro atoms. The van der Waals surface area contributed by atoms with Gasteiger partial charge in [0.05, 0.1) is 0 Å². The molecular formula is C49H50. The van der Waals surface area contributed by atoms with Gasteiger partial charge in [-0.05, 0) is 128 Å². The molecule has 246 valence electrons. The fourth-order valence-electron chi connectivity index (χ4n) is 6.85. The van der Waals surface area contributed by atoms with Crippen molar-refractivity contribution < 1.29 is 0 Å². The molecule has 0 nitrogen and oxygen atoms in total. The van der Waals surface area contributed by atoms with Crippen LogP contribution in [0.5, 0.6) is 0 Å². The first-order valence-corrected chi connectivity index (χ1v) is 17.7. The van der Waals surface area contributed by atoms with E-state index in [1.54, 1.807) is 0 Å². The summed E-state index contributed by atoms with van der Waals surface area (Å²) in [6.45, 7) is 19.9. The zero-order chi connectivity index (χ0) is 34.8. The lowest BCUT2D eigenvalue weighted by molar-refractivity contribution is 0.905. The van der Waals surface area contributed by atoms with E-state index in [1.165, 1.54) is 72.0 Å². The van der Waals surface area contributed by atoms with Crippen LogP contribution in [0.15, 0.2) is 151 Å². The van der Waals surface area contributed by atoms with Crippen molar-refractivity contribution in [3.8, 4) is 22.3 Å². The molecule has 0 aliphatic carbocycles. The van der Waals surface area contributed by atoms with Gasteiger partial charge in [-0.3, -0.25) is 0 Å². The largest absolute Gasteiger partial charge is 0.0991 e. The molecule has 0 atom stereocenters. The third kappa shape index (κ3) is 8.27. The van der Waals surface area contributed by atoms with Crippen LogP contribution in [0, 0.1) is 13.8 Å². The van der Waals surface area contributed by atoms with E-state index in [-0.39, 0.29) is 0 Å². The smallest absolute Gasteiger partial charge is 0.0117 e. The quantitative estimate of drug-likeness (QED) is 0.134. The Bertz CT molecular complexity index is 2190. The average Bonchev–Trinajstić information content (AvgIpc) is 3.12. The summed E-state index contributed by atoms with van der Waals surface area (Å²) >= 11 is 0. The van der Waals surface area contributed by atoms with Crippen molar-refractivity contribution in [3.05, 3.63) is 184 Å². The maximum atomic E-state index is 4.40. The minimum atomic E-state index is 0.966. The summed E-state index contributed by atoms with van der Waals surface area (Å²) in [5, 5.41) is 4.69. The minimum absolute atomic E-state index is 0.966. The number of hydrogen-bond acceptors (Lipinski definition) is 0. The van der Waals surface area contributed by atoms with Crippen LogP contribution in [0.1, 0.15) is 62.3 Å². The fraction of sp³-hybridized carbons (Fsp3) is 0.184. The maximum absolute atomic E-state index is 4.40. The molecule has 5 rings (SSSR count). The van der Waals surface area contributed by atoms with Crippen LogP contribution in [0.3, 0.4) is 0 Å². The number of hydrogen-bond donors (Lipinski definition) is 0. The van der Waals surface area contributed by atoms with E-state index in [4.69, 9.17) is 0 Å². The highest BCUT2D eigenvalue weighted by molar-refractivity contribution is 5.95. The normalized spacial score (nSPS) is 12.4. The van der Waals surface area contributed by atoms with Crippen LogP contribution in [0.4, 0.5) is 0 Å². The van der Waals surface area contributed by atoms with Gasteiger partial charge >= 0.3 is 0 Å². The Hall–Kier alpha value is -5.20. The molecule has 0 radical (unpaired) electrons. The van der Waals surface area contributed by atoms with Crippen molar-refractivity contribution in [2.45, 2.75) is 60.3 Å². The van der Waals surface area contributed by atoms with E-state index in [0.29, 0.717) is 0 Å². The Labute approximate surface area is 294 Å². The Morgan fingerprint density at radius 3 is 2.04 bits per heavy atom.